The lowest BCUT2D eigenvalue weighted by Crippen LogP contribution is -2.10. The van der Waals surface area contributed by atoms with Gasteiger partial charge in [0.25, 0.3) is 0 Å². The molecule has 0 aromatic heterocycles. The Morgan fingerprint density at radius 1 is 1.06 bits per heavy atom. The van der Waals surface area contributed by atoms with Gasteiger partial charge in [0.05, 0.1) is 5.70 Å². The summed E-state index contributed by atoms with van der Waals surface area (Å²) in [5.74, 6) is 0. The van der Waals surface area contributed by atoms with Gasteiger partial charge in [-0.2, -0.15) is 0 Å². The third kappa shape index (κ3) is 1.20. The summed E-state index contributed by atoms with van der Waals surface area (Å²) in [5.41, 5.74) is 3.69. The van der Waals surface area contributed by atoms with E-state index in [1.54, 1.807) is 0 Å². The summed E-state index contributed by atoms with van der Waals surface area (Å²) in [6, 6.07) is 12.8. The molecule has 1 aliphatic carbocycles. The van der Waals surface area contributed by atoms with Crippen LogP contribution < -0.4 is 5.32 Å². The van der Waals surface area contributed by atoms with Gasteiger partial charge in [0.2, 0.25) is 0 Å². The lowest BCUT2D eigenvalue weighted by atomic mass is 10.0. The fourth-order valence-corrected chi connectivity index (χ4v) is 2.75. The summed E-state index contributed by atoms with van der Waals surface area (Å²) in [4.78, 5) is 1.06. The van der Waals surface area contributed by atoms with Crippen LogP contribution in [0.15, 0.2) is 36.4 Å². The molecule has 16 heavy (non-hydrogen) atoms. The summed E-state index contributed by atoms with van der Waals surface area (Å²) >= 11 is 4.64. The zero-order chi connectivity index (χ0) is 11.1. The minimum Gasteiger partial charge on any atom is -0.384 e. The van der Waals surface area contributed by atoms with Crippen LogP contribution in [0.4, 0.5) is 0 Å². The highest BCUT2D eigenvalue weighted by molar-refractivity contribution is 7.91. The monoisotopic (exact) mass is 227 g/mol. The van der Waals surface area contributed by atoms with Crippen molar-refractivity contribution in [1.82, 2.24) is 5.32 Å². The summed E-state index contributed by atoms with van der Waals surface area (Å²) < 4.78 is 0. The number of nitrogens with one attached hydrogen (secondary N) is 1. The second-order valence-corrected chi connectivity index (χ2v) is 4.41. The zero-order valence-electron chi connectivity index (χ0n) is 9.12. The summed E-state index contributed by atoms with van der Waals surface area (Å²) in [6.07, 6.45) is 0. The molecule has 1 nitrogen and oxygen atoms in total. The number of hydrogen-bond acceptors (Lipinski definition) is 2. The van der Waals surface area contributed by atoms with E-state index in [4.69, 9.17) is 0 Å². The quantitative estimate of drug-likeness (QED) is 0.748. The minimum absolute atomic E-state index is 0.920. The molecule has 0 spiro atoms. The van der Waals surface area contributed by atoms with Crippen molar-refractivity contribution in [1.29, 1.82) is 0 Å². The number of thiol groups is 1. The van der Waals surface area contributed by atoms with E-state index in [-0.39, 0.29) is 0 Å². The van der Waals surface area contributed by atoms with Gasteiger partial charge < -0.3 is 5.32 Å². The average molecular weight is 227 g/mol. The largest absolute Gasteiger partial charge is 0.384 e. The van der Waals surface area contributed by atoms with E-state index in [1.165, 1.54) is 21.9 Å². The Bertz CT molecular complexity index is 593. The highest BCUT2D eigenvalue weighted by atomic mass is 32.1. The van der Waals surface area contributed by atoms with Crippen LogP contribution in [0.25, 0.3) is 21.4 Å². The topological polar surface area (TPSA) is 12.0 Å². The third-order valence-corrected chi connectivity index (χ3v) is 3.48. The molecule has 0 fully saturated rings. The number of rotatable bonds is 2. The van der Waals surface area contributed by atoms with Gasteiger partial charge in [-0.3, -0.25) is 0 Å². The fourth-order valence-electron chi connectivity index (χ4n) is 2.36. The molecule has 80 valence electrons. The van der Waals surface area contributed by atoms with Gasteiger partial charge in [-0.1, -0.05) is 36.4 Å². The molecule has 0 atom stereocenters. The van der Waals surface area contributed by atoms with Crippen molar-refractivity contribution < 1.29 is 0 Å². The van der Waals surface area contributed by atoms with Gasteiger partial charge in [0.15, 0.2) is 0 Å². The maximum absolute atomic E-state index is 4.64. The molecule has 0 saturated heterocycles. The number of benzene rings is 2. The molecule has 2 aromatic rings. The van der Waals surface area contributed by atoms with E-state index >= 15 is 0 Å². The molecule has 0 bridgehead atoms. The van der Waals surface area contributed by atoms with E-state index in [0.29, 0.717) is 0 Å². The van der Waals surface area contributed by atoms with Gasteiger partial charge in [-0.25, -0.2) is 0 Å². The molecule has 0 saturated carbocycles. The zero-order valence-corrected chi connectivity index (χ0v) is 10.0. The van der Waals surface area contributed by atoms with E-state index in [9.17, 15) is 0 Å². The van der Waals surface area contributed by atoms with Crippen LogP contribution in [0.2, 0.25) is 0 Å². The van der Waals surface area contributed by atoms with E-state index in [0.717, 1.165) is 17.1 Å². The van der Waals surface area contributed by atoms with Gasteiger partial charge >= 0.3 is 0 Å². The molecular weight excluding hydrogens is 214 g/mol. The second kappa shape index (κ2) is 3.56. The molecule has 0 amide bonds. The van der Waals surface area contributed by atoms with Crippen molar-refractivity contribution in [3.63, 3.8) is 0 Å². The van der Waals surface area contributed by atoms with E-state index in [2.05, 4.69) is 61.3 Å². The molecule has 1 aliphatic rings. The lowest BCUT2D eigenvalue weighted by Gasteiger charge is -2.07. The van der Waals surface area contributed by atoms with Crippen molar-refractivity contribution in [2.75, 3.05) is 6.54 Å². The predicted octanol–water partition coefficient (Wildman–Crippen LogP) is 3.52. The molecule has 0 unspecified atom stereocenters. The fraction of sp³-hybridized carbons (Fsp3) is 0.143. The molecule has 0 heterocycles. The van der Waals surface area contributed by atoms with E-state index in [1.807, 2.05) is 0 Å². The molecule has 2 heteroatoms. The Kier molecular flexibility index (Phi) is 2.18. The van der Waals surface area contributed by atoms with E-state index < -0.39 is 0 Å². The Balaban J connectivity index is 2.37. The third-order valence-electron chi connectivity index (χ3n) is 3.02. The highest BCUT2D eigenvalue weighted by Crippen LogP contribution is 2.42. The SMILES string of the molecule is CCNC1=C(S)c2cccc3cccc1c23. The van der Waals surface area contributed by atoms with Crippen LogP contribution in [-0.4, -0.2) is 6.54 Å². The molecule has 2 aromatic carbocycles. The Labute approximate surface area is 101 Å². The van der Waals surface area contributed by atoms with Crippen molar-refractivity contribution in [2.45, 2.75) is 6.92 Å². The van der Waals surface area contributed by atoms with Crippen LogP contribution in [0.1, 0.15) is 18.1 Å². The standard InChI is InChI=1S/C14H13NS/c1-2-15-13-10-7-3-5-9-6-4-8-11(12(9)10)14(13)16/h3-8,15-16H,2H2,1H3. The summed E-state index contributed by atoms with van der Waals surface area (Å²) in [7, 11) is 0. The molecule has 0 aliphatic heterocycles. The number of hydrogen-bond donors (Lipinski definition) is 2. The maximum Gasteiger partial charge on any atom is 0.0562 e. The predicted molar refractivity (Wildman–Crippen MR) is 73.4 cm³/mol. The average Bonchev–Trinajstić information content (AvgIpc) is 2.58. The Hall–Kier alpha value is -1.41. The van der Waals surface area contributed by atoms with Gasteiger partial charge in [0, 0.05) is 17.0 Å². The van der Waals surface area contributed by atoms with Gasteiger partial charge in [-0.15, -0.1) is 12.6 Å². The van der Waals surface area contributed by atoms with Crippen LogP contribution in [-0.2, 0) is 0 Å². The van der Waals surface area contributed by atoms with Gasteiger partial charge in [0.1, 0.15) is 0 Å². The second-order valence-electron chi connectivity index (χ2n) is 3.96. The first-order valence-corrected chi connectivity index (χ1v) is 5.97. The Morgan fingerprint density at radius 3 is 2.44 bits per heavy atom. The maximum atomic E-state index is 4.64. The van der Waals surface area contributed by atoms with Crippen LogP contribution in [0.5, 0.6) is 0 Å². The van der Waals surface area contributed by atoms with Crippen molar-refractivity contribution in [2.24, 2.45) is 0 Å². The summed E-state index contributed by atoms with van der Waals surface area (Å²) in [6.45, 7) is 3.03. The molecule has 1 N–H and O–H groups in total. The first-order valence-electron chi connectivity index (χ1n) is 5.52. The molecular formula is C14H13NS. The van der Waals surface area contributed by atoms with Gasteiger partial charge in [-0.05, 0) is 23.3 Å². The van der Waals surface area contributed by atoms with Crippen LogP contribution in [0.3, 0.4) is 0 Å². The normalized spacial score (nSPS) is 13.6. The smallest absolute Gasteiger partial charge is 0.0562 e. The summed E-state index contributed by atoms with van der Waals surface area (Å²) in [5, 5.41) is 6.02. The highest BCUT2D eigenvalue weighted by Gasteiger charge is 2.20. The first kappa shape index (κ1) is 9.79. The van der Waals surface area contributed by atoms with Crippen molar-refractivity contribution in [3.8, 4) is 0 Å². The van der Waals surface area contributed by atoms with Crippen LogP contribution >= 0.6 is 12.6 Å². The van der Waals surface area contributed by atoms with Crippen molar-refractivity contribution in [3.05, 3.63) is 47.5 Å². The molecule has 3 rings (SSSR count). The first-order chi connectivity index (χ1) is 7.83. The van der Waals surface area contributed by atoms with Crippen LogP contribution in [0, 0.1) is 0 Å². The minimum atomic E-state index is 0.920. The lowest BCUT2D eigenvalue weighted by molar-refractivity contribution is 0.946. The Morgan fingerprint density at radius 2 is 1.75 bits per heavy atom. The molecule has 0 radical (unpaired) electrons. The van der Waals surface area contributed by atoms with Crippen molar-refractivity contribution >= 4 is 34.0 Å².